The molecule has 0 unspecified atom stereocenters. The van der Waals surface area contributed by atoms with E-state index >= 15 is 0 Å². The summed E-state index contributed by atoms with van der Waals surface area (Å²) in [6.45, 7) is -0.142. The van der Waals surface area contributed by atoms with Gasteiger partial charge in [0.1, 0.15) is 6.61 Å². The minimum Gasteiger partial charge on any atom is -0.479 e. The molecule has 8 nitrogen and oxygen atoms in total. The van der Waals surface area contributed by atoms with Crippen LogP contribution in [0.2, 0.25) is 0 Å². The van der Waals surface area contributed by atoms with Crippen LogP contribution < -0.4 is 5.32 Å². The Labute approximate surface area is 196 Å². The summed E-state index contributed by atoms with van der Waals surface area (Å²) >= 11 is 0. The molecule has 0 aromatic heterocycles. The monoisotopic (exact) mass is 460 g/mol. The zero-order valence-corrected chi connectivity index (χ0v) is 18.6. The predicted octanol–water partition coefficient (Wildman–Crippen LogP) is 3.81. The third-order valence-electron chi connectivity index (χ3n) is 5.65. The molecule has 0 spiro atoms. The number of alkyl carbamates (subject to hydrolysis) is 1. The average molecular weight is 460 g/mol. The first-order valence-corrected chi connectivity index (χ1v) is 10.7. The molecule has 4 rings (SSSR count). The van der Waals surface area contributed by atoms with Gasteiger partial charge < -0.3 is 15.2 Å². The lowest BCUT2D eigenvalue weighted by atomic mass is 9.98. The highest BCUT2D eigenvalue weighted by Gasteiger charge is 2.28. The van der Waals surface area contributed by atoms with E-state index in [-0.39, 0.29) is 19.1 Å². The number of hydrogen-bond acceptors (Lipinski definition) is 5. The maximum absolute atomic E-state index is 12.3. The van der Waals surface area contributed by atoms with E-state index in [4.69, 9.17) is 14.7 Å². The molecule has 34 heavy (non-hydrogen) atoms. The Morgan fingerprint density at radius 2 is 1.50 bits per heavy atom. The highest BCUT2D eigenvalue weighted by Crippen LogP contribution is 2.44. The number of hydroxylamine groups is 2. The Morgan fingerprint density at radius 1 is 0.912 bits per heavy atom. The van der Waals surface area contributed by atoms with Crippen molar-refractivity contribution >= 4 is 18.0 Å². The fourth-order valence-electron chi connectivity index (χ4n) is 3.98. The topological polar surface area (TPSA) is 105 Å². The Bertz CT molecular complexity index is 1160. The molecule has 3 aromatic carbocycles. The van der Waals surface area contributed by atoms with Gasteiger partial charge in [-0.25, -0.2) is 14.7 Å². The Kier molecular flexibility index (Phi) is 6.89. The first-order chi connectivity index (χ1) is 16.4. The van der Waals surface area contributed by atoms with Gasteiger partial charge in [-0.1, -0.05) is 60.7 Å². The van der Waals surface area contributed by atoms with E-state index in [0.29, 0.717) is 5.56 Å². The van der Waals surface area contributed by atoms with Gasteiger partial charge in [-0.2, -0.15) is 0 Å². The number of aliphatic carboxylic acids is 1. The number of fused-ring (bicyclic) bond motifs is 3. The normalized spacial score (nSPS) is 11.9. The van der Waals surface area contributed by atoms with Crippen LogP contribution in [-0.2, 0) is 20.9 Å². The summed E-state index contributed by atoms with van der Waals surface area (Å²) in [4.78, 5) is 40.0. The number of rotatable bonds is 8. The molecule has 0 fully saturated rings. The third kappa shape index (κ3) is 5.07. The minimum atomic E-state index is -1.17. The standard InChI is InChI=1S/C26H24N2O6/c1-28(34-16-24(29)30)25(31)18-12-10-17(11-13-18)14-27-26(32)33-15-23-21-8-4-2-6-19(21)20-7-3-5-9-22(20)23/h2-13,23H,14-16H2,1H3,(H,27,32)(H,29,30). The molecule has 0 saturated heterocycles. The van der Waals surface area contributed by atoms with E-state index < -0.39 is 24.6 Å². The molecular formula is C26H24N2O6. The van der Waals surface area contributed by atoms with Crippen LogP contribution in [0.3, 0.4) is 0 Å². The fraction of sp³-hybridized carbons (Fsp3) is 0.192. The van der Waals surface area contributed by atoms with Gasteiger partial charge in [0.15, 0.2) is 6.61 Å². The average Bonchev–Trinajstić information content (AvgIpc) is 3.18. The first kappa shape index (κ1) is 23.0. The van der Waals surface area contributed by atoms with Crippen molar-refractivity contribution in [1.29, 1.82) is 0 Å². The van der Waals surface area contributed by atoms with E-state index in [1.807, 2.05) is 24.3 Å². The van der Waals surface area contributed by atoms with Gasteiger partial charge in [0.2, 0.25) is 0 Å². The van der Waals surface area contributed by atoms with Crippen LogP contribution in [0, 0.1) is 0 Å². The van der Waals surface area contributed by atoms with Gasteiger partial charge in [-0.3, -0.25) is 9.63 Å². The summed E-state index contributed by atoms with van der Waals surface area (Å²) < 4.78 is 5.53. The Hall–Kier alpha value is -4.17. The van der Waals surface area contributed by atoms with Gasteiger partial charge in [-0.05, 0) is 39.9 Å². The molecule has 0 aliphatic heterocycles. The van der Waals surface area contributed by atoms with Crippen LogP contribution in [0.15, 0.2) is 72.8 Å². The molecule has 3 aromatic rings. The predicted molar refractivity (Wildman–Crippen MR) is 124 cm³/mol. The van der Waals surface area contributed by atoms with Crippen molar-refractivity contribution in [3.63, 3.8) is 0 Å². The number of nitrogens with one attached hydrogen (secondary N) is 1. The molecule has 1 aliphatic rings. The lowest BCUT2D eigenvalue weighted by Gasteiger charge is -2.16. The summed E-state index contributed by atoms with van der Waals surface area (Å²) in [5, 5.41) is 12.2. The van der Waals surface area contributed by atoms with Crippen LogP contribution in [0.1, 0.15) is 33.0 Å². The number of amides is 2. The van der Waals surface area contributed by atoms with Crippen molar-refractivity contribution in [2.24, 2.45) is 0 Å². The van der Waals surface area contributed by atoms with Gasteiger partial charge in [-0.15, -0.1) is 0 Å². The van der Waals surface area contributed by atoms with Crippen molar-refractivity contribution in [2.75, 3.05) is 20.3 Å². The fourth-order valence-corrected chi connectivity index (χ4v) is 3.98. The number of carbonyl (C=O) groups is 3. The van der Waals surface area contributed by atoms with Crippen LogP contribution >= 0.6 is 0 Å². The quantitative estimate of drug-likeness (QED) is 0.495. The van der Waals surface area contributed by atoms with Crippen molar-refractivity contribution in [3.8, 4) is 11.1 Å². The van der Waals surface area contributed by atoms with E-state index in [9.17, 15) is 14.4 Å². The largest absolute Gasteiger partial charge is 0.479 e. The molecular weight excluding hydrogens is 436 g/mol. The number of benzene rings is 3. The van der Waals surface area contributed by atoms with Crippen molar-refractivity contribution < 1.29 is 29.1 Å². The van der Waals surface area contributed by atoms with Crippen molar-refractivity contribution in [3.05, 3.63) is 95.1 Å². The molecule has 0 radical (unpaired) electrons. The highest BCUT2D eigenvalue weighted by atomic mass is 16.7. The van der Waals surface area contributed by atoms with Gasteiger partial charge in [0.05, 0.1) is 0 Å². The van der Waals surface area contributed by atoms with Crippen LogP contribution in [0.25, 0.3) is 11.1 Å². The SMILES string of the molecule is CN(OCC(=O)O)C(=O)c1ccc(CNC(=O)OCC2c3ccccc3-c3ccccc32)cc1. The second kappa shape index (κ2) is 10.2. The summed E-state index contributed by atoms with van der Waals surface area (Å²) in [5.41, 5.74) is 5.74. The Morgan fingerprint density at radius 3 is 2.09 bits per heavy atom. The molecule has 0 heterocycles. The van der Waals surface area contributed by atoms with Crippen LogP contribution in [0.5, 0.6) is 0 Å². The van der Waals surface area contributed by atoms with E-state index in [1.54, 1.807) is 24.3 Å². The molecule has 1 aliphatic carbocycles. The van der Waals surface area contributed by atoms with E-state index in [2.05, 4.69) is 29.6 Å². The molecule has 0 atom stereocenters. The lowest BCUT2D eigenvalue weighted by Crippen LogP contribution is -2.29. The minimum absolute atomic E-state index is 0.0104. The van der Waals surface area contributed by atoms with Crippen LogP contribution in [0.4, 0.5) is 4.79 Å². The van der Waals surface area contributed by atoms with Crippen molar-refractivity contribution in [1.82, 2.24) is 10.4 Å². The molecule has 2 amide bonds. The number of carboxylic acids is 1. The van der Waals surface area contributed by atoms with Gasteiger partial charge >= 0.3 is 12.1 Å². The maximum Gasteiger partial charge on any atom is 0.407 e. The summed E-state index contributed by atoms with van der Waals surface area (Å²) in [6, 6.07) is 22.8. The third-order valence-corrected chi connectivity index (χ3v) is 5.65. The van der Waals surface area contributed by atoms with Gasteiger partial charge in [0.25, 0.3) is 5.91 Å². The first-order valence-electron chi connectivity index (χ1n) is 10.7. The second-order valence-corrected chi connectivity index (χ2v) is 7.85. The van der Waals surface area contributed by atoms with Crippen molar-refractivity contribution in [2.45, 2.75) is 12.5 Å². The lowest BCUT2D eigenvalue weighted by molar-refractivity contribution is -0.159. The zero-order valence-electron chi connectivity index (χ0n) is 18.6. The highest BCUT2D eigenvalue weighted by molar-refractivity contribution is 5.93. The molecule has 0 saturated carbocycles. The summed E-state index contributed by atoms with van der Waals surface area (Å²) in [7, 11) is 1.35. The number of ether oxygens (including phenoxy) is 1. The molecule has 0 bridgehead atoms. The van der Waals surface area contributed by atoms with E-state index in [1.165, 1.54) is 18.2 Å². The zero-order chi connectivity index (χ0) is 24.1. The summed E-state index contributed by atoms with van der Waals surface area (Å²) in [5.74, 6) is -1.66. The number of hydrogen-bond donors (Lipinski definition) is 2. The molecule has 8 heteroatoms. The molecule has 174 valence electrons. The summed E-state index contributed by atoms with van der Waals surface area (Å²) in [6.07, 6.45) is -0.524. The van der Waals surface area contributed by atoms with Gasteiger partial charge in [0, 0.05) is 25.1 Å². The number of carbonyl (C=O) groups excluding carboxylic acids is 2. The smallest absolute Gasteiger partial charge is 0.407 e. The number of nitrogens with zero attached hydrogens (tertiary/aromatic N) is 1. The maximum atomic E-state index is 12.3. The van der Waals surface area contributed by atoms with Crippen LogP contribution in [-0.4, -0.2) is 48.4 Å². The van der Waals surface area contributed by atoms with E-state index in [0.717, 1.165) is 21.8 Å². The Balaban J connectivity index is 1.29. The molecule has 2 N–H and O–H groups in total. The number of carboxylic acid groups (broad SMARTS) is 1. The second-order valence-electron chi connectivity index (χ2n) is 7.85.